The van der Waals surface area contributed by atoms with Gasteiger partial charge in [0.15, 0.2) is 0 Å². The van der Waals surface area contributed by atoms with Gasteiger partial charge in [0.05, 0.1) is 29.5 Å². The van der Waals surface area contributed by atoms with Gasteiger partial charge in [-0.15, -0.1) is 0 Å². The van der Waals surface area contributed by atoms with Crippen molar-refractivity contribution < 1.29 is 14.7 Å². The number of carbonyl (C=O) groups is 2. The van der Waals surface area contributed by atoms with Crippen molar-refractivity contribution in [2.24, 2.45) is 11.8 Å². The highest BCUT2D eigenvalue weighted by Gasteiger charge is 2.68. The normalized spacial score (nSPS) is 28.3. The van der Waals surface area contributed by atoms with Crippen LogP contribution in [0.3, 0.4) is 0 Å². The minimum atomic E-state index is -0.904. The van der Waals surface area contributed by atoms with E-state index in [0.29, 0.717) is 5.69 Å². The van der Waals surface area contributed by atoms with Gasteiger partial charge in [0.2, 0.25) is 11.8 Å². The van der Waals surface area contributed by atoms with E-state index in [1.807, 2.05) is 79.7 Å². The van der Waals surface area contributed by atoms with Crippen LogP contribution >= 0.6 is 0 Å². The number of imide groups is 1. The number of hydrogen-bond acceptors (Lipinski definition) is 3. The monoisotopic (exact) mass is 395 g/mol. The fourth-order valence-corrected chi connectivity index (χ4v) is 6.15. The van der Waals surface area contributed by atoms with E-state index in [-0.39, 0.29) is 24.3 Å². The van der Waals surface area contributed by atoms with Crippen molar-refractivity contribution in [1.82, 2.24) is 0 Å². The van der Waals surface area contributed by atoms with Crippen LogP contribution in [0.25, 0.3) is 0 Å². The fraction of sp³-hybridized carbons (Fsp3) is 0.231. The van der Waals surface area contributed by atoms with E-state index in [9.17, 15) is 14.7 Å². The number of aryl methyl sites for hydroxylation is 1. The van der Waals surface area contributed by atoms with Gasteiger partial charge in [-0.3, -0.25) is 9.59 Å². The zero-order chi connectivity index (χ0) is 20.6. The predicted octanol–water partition coefficient (Wildman–Crippen LogP) is 3.54. The Morgan fingerprint density at radius 1 is 0.833 bits per heavy atom. The molecule has 0 unspecified atom stereocenters. The lowest BCUT2D eigenvalue weighted by Crippen LogP contribution is -2.55. The summed E-state index contributed by atoms with van der Waals surface area (Å²) in [7, 11) is 0. The quantitative estimate of drug-likeness (QED) is 0.676. The Bertz CT molecular complexity index is 1170. The van der Waals surface area contributed by atoms with Gasteiger partial charge >= 0.3 is 0 Å². The predicted molar refractivity (Wildman–Crippen MR) is 113 cm³/mol. The van der Waals surface area contributed by atoms with Gasteiger partial charge in [-0.1, -0.05) is 66.2 Å². The molecular weight excluding hydrogens is 374 g/mol. The average molecular weight is 395 g/mol. The Kier molecular flexibility index (Phi) is 3.46. The summed E-state index contributed by atoms with van der Waals surface area (Å²) >= 11 is 0. The Morgan fingerprint density at radius 2 is 1.40 bits per heavy atom. The molecule has 0 radical (unpaired) electrons. The summed E-state index contributed by atoms with van der Waals surface area (Å²) in [4.78, 5) is 28.9. The largest absolute Gasteiger partial charge is 0.395 e. The van der Waals surface area contributed by atoms with Crippen molar-refractivity contribution in [3.05, 3.63) is 101 Å². The number of rotatable bonds is 2. The molecular formula is C26H21NO3. The van der Waals surface area contributed by atoms with Crippen molar-refractivity contribution in [2.45, 2.75) is 18.3 Å². The number of benzene rings is 3. The number of anilines is 1. The molecule has 2 bridgehead atoms. The van der Waals surface area contributed by atoms with Crippen molar-refractivity contribution in [3.63, 3.8) is 0 Å². The maximum Gasteiger partial charge on any atom is 0.239 e. The summed E-state index contributed by atoms with van der Waals surface area (Å²) < 4.78 is 0. The summed E-state index contributed by atoms with van der Waals surface area (Å²) in [6.07, 6.45) is 0. The van der Waals surface area contributed by atoms with Gasteiger partial charge in [0.25, 0.3) is 0 Å². The maximum atomic E-state index is 13.8. The van der Waals surface area contributed by atoms with E-state index in [2.05, 4.69) is 0 Å². The van der Waals surface area contributed by atoms with E-state index in [0.717, 1.165) is 27.8 Å². The molecule has 1 saturated heterocycles. The number of aliphatic hydroxyl groups excluding tert-OH is 1. The van der Waals surface area contributed by atoms with Crippen molar-refractivity contribution in [3.8, 4) is 0 Å². The second-order valence-corrected chi connectivity index (χ2v) is 8.63. The number of amides is 2. The van der Waals surface area contributed by atoms with E-state index < -0.39 is 17.3 Å². The second-order valence-electron chi connectivity index (χ2n) is 8.63. The van der Waals surface area contributed by atoms with Crippen molar-refractivity contribution in [2.75, 3.05) is 11.5 Å². The highest BCUT2D eigenvalue weighted by atomic mass is 16.3. The van der Waals surface area contributed by atoms with Crippen molar-refractivity contribution >= 4 is 17.5 Å². The summed E-state index contributed by atoms with van der Waals surface area (Å²) in [6, 6.07) is 23.4. The highest BCUT2D eigenvalue weighted by Crippen LogP contribution is 2.64. The summed E-state index contributed by atoms with van der Waals surface area (Å²) in [6.45, 7) is 1.76. The second kappa shape index (κ2) is 5.89. The molecule has 1 N–H and O–H groups in total. The average Bonchev–Trinajstić information content (AvgIpc) is 3.05. The third-order valence-corrected chi connectivity index (χ3v) is 7.34. The highest BCUT2D eigenvalue weighted by molar-refractivity contribution is 6.23. The van der Waals surface area contributed by atoms with Crippen LogP contribution in [0, 0.1) is 18.8 Å². The van der Waals surface area contributed by atoms with Gasteiger partial charge in [-0.25, -0.2) is 4.90 Å². The van der Waals surface area contributed by atoms with Gasteiger partial charge in [0.1, 0.15) is 0 Å². The molecule has 30 heavy (non-hydrogen) atoms. The van der Waals surface area contributed by atoms with Crippen LogP contribution < -0.4 is 4.90 Å². The summed E-state index contributed by atoms with van der Waals surface area (Å²) in [5, 5.41) is 10.8. The van der Waals surface area contributed by atoms with E-state index in [4.69, 9.17) is 0 Å². The molecule has 4 nitrogen and oxygen atoms in total. The molecule has 0 saturated carbocycles. The molecule has 0 spiro atoms. The summed E-state index contributed by atoms with van der Waals surface area (Å²) in [5.74, 6) is -1.66. The van der Waals surface area contributed by atoms with Crippen LogP contribution in [0.5, 0.6) is 0 Å². The number of carbonyl (C=O) groups excluding carboxylic acids is 2. The van der Waals surface area contributed by atoms with Crippen LogP contribution in [0.4, 0.5) is 5.69 Å². The van der Waals surface area contributed by atoms with Crippen molar-refractivity contribution in [1.29, 1.82) is 0 Å². The lowest BCUT2D eigenvalue weighted by Gasteiger charge is -2.53. The van der Waals surface area contributed by atoms with Gasteiger partial charge < -0.3 is 5.11 Å². The summed E-state index contributed by atoms with van der Waals surface area (Å²) in [5.41, 5.74) is 4.83. The number of nitrogens with zero attached hydrogens (tertiary/aromatic N) is 1. The number of hydrogen-bond donors (Lipinski definition) is 1. The molecule has 148 valence electrons. The van der Waals surface area contributed by atoms with Gasteiger partial charge in [-0.2, -0.15) is 0 Å². The first-order valence-corrected chi connectivity index (χ1v) is 10.3. The molecule has 7 rings (SSSR count). The van der Waals surface area contributed by atoms with Crippen LogP contribution in [0.15, 0.2) is 72.8 Å². The topological polar surface area (TPSA) is 57.6 Å². The molecule has 0 aromatic heterocycles. The lowest BCUT2D eigenvalue weighted by atomic mass is 9.47. The van der Waals surface area contributed by atoms with Crippen LogP contribution in [-0.4, -0.2) is 23.5 Å². The molecule has 2 atom stereocenters. The molecule has 4 aliphatic rings. The van der Waals surface area contributed by atoms with E-state index >= 15 is 0 Å². The minimum Gasteiger partial charge on any atom is -0.395 e. The van der Waals surface area contributed by atoms with Crippen LogP contribution in [0.1, 0.15) is 33.7 Å². The molecule has 1 heterocycles. The molecule has 1 fully saturated rings. The Hall–Kier alpha value is -3.24. The molecule has 3 aromatic rings. The fourth-order valence-electron chi connectivity index (χ4n) is 6.15. The smallest absolute Gasteiger partial charge is 0.239 e. The first-order chi connectivity index (χ1) is 14.6. The zero-order valence-electron chi connectivity index (χ0n) is 16.6. The van der Waals surface area contributed by atoms with Crippen LogP contribution in [0.2, 0.25) is 0 Å². The Balaban J connectivity index is 1.63. The standard InChI is InChI=1S/C26H21NO3/c1-15-10-12-16(13-11-15)27-24(29)22-21-17-6-2-4-8-19(17)26(14-28,23(22)25(27)30)20-9-5-3-7-18(20)21/h2-13,21-23,28H,14H2,1H3/t21?,22-,23+,26?/m1/s1. The Morgan fingerprint density at radius 3 is 1.97 bits per heavy atom. The maximum absolute atomic E-state index is 13.8. The van der Waals surface area contributed by atoms with Gasteiger partial charge in [-0.05, 0) is 41.3 Å². The molecule has 3 aromatic carbocycles. The molecule has 1 aliphatic heterocycles. The first-order valence-electron chi connectivity index (χ1n) is 10.3. The van der Waals surface area contributed by atoms with E-state index in [1.54, 1.807) is 0 Å². The Labute approximate surface area is 174 Å². The van der Waals surface area contributed by atoms with E-state index in [1.165, 1.54) is 4.90 Å². The molecule has 3 aliphatic carbocycles. The van der Waals surface area contributed by atoms with Crippen LogP contribution in [-0.2, 0) is 15.0 Å². The third kappa shape index (κ3) is 1.90. The van der Waals surface area contributed by atoms with Gasteiger partial charge in [0, 0.05) is 5.92 Å². The zero-order valence-corrected chi connectivity index (χ0v) is 16.6. The SMILES string of the molecule is Cc1ccc(N2C(=O)[C@@H]3C4c5ccccc5C(CO)(c5ccccc54)[C@@H]3C2=O)cc1. The number of aliphatic hydroxyl groups is 1. The lowest BCUT2D eigenvalue weighted by molar-refractivity contribution is -0.124. The molecule has 2 amide bonds. The minimum absolute atomic E-state index is 0.166. The molecule has 4 heteroatoms. The third-order valence-electron chi connectivity index (χ3n) is 7.34. The first kappa shape index (κ1) is 17.6.